The van der Waals surface area contributed by atoms with Crippen LogP contribution in [0.15, 0.2) is 54.6 Å². The molecule has 1 amide bonds. The van der Waals surface area contributed by atoms with Crippen LogP contribution in [-0.4, -0.2) is 17.6 Å². The molecule has 96 valence electrons. The third-order valence-corrected chi connectivity index (χ3v) is 3.35. The molecule has 0 unspecified atom stereocenters. The molecule has 0 aliphatic carbocycles. The highest BCUT2D eigenvalue weighted by molar-refractivity contribution is 6.02. The predicted molar refractivity (Wildman–Crippen MR) is 72.7 cm³/mol. The van der Waals surface area contributed by atoms with Gasteiger partial charge in [-0.05, 0) is 17.7 Å². The summed E-state index contributed by atoms with van der Waals surface area (Å²) in [5.74, 6) is -0.188. The Balaban J connectivity index is 2.09. The van der Waals surface area contributed by atoms with E-state index in [-0.39, 0.29) is 12.5 Å². The van der Waals surface area contributed by atoms with Crippen molar-refractivity contribution in [2.24, 2.45) is 0 Å². The highest BCUT2D eigenvalue weighted by Crippen LogP contribution is 2.30. The maximum absolute atomic E-state index is 12.2. The number of hydrogen-bond acceptors (Lipinski definition) is 3. The van der Waals surface area contributed by atoms with E-state index in [9.17, 15) is 9.90 Å². The zero-order valence-electron chi connectivity index (χ0n) is 10.3. The van der Waals surface area contributed by atoms with E-state index in [0.717, 1.165) is 11.3 Å². The van der Waals surface area contributed by atoms with Crippen LogP contribution in [0.25, 0.3) is 0 Å². The van der Waals surface area contributed by atoms with Gasteiger partial charge in [-0.2, -0.15) is 0 Å². The number of benzene rings is 2. The number of anilines is 1. The summed E-state index contributed by atoms with van der Waals surface area (Å²) in [6, 6.07) is 16.7. The fourth-order valence-corrected chi connectivity index (χ4v) is 2.35. The Bertz CT molecular complexity index is 613. The van der Waals surface area contributed by atoms with Gasteiger partial charge < -0.3 is 15.7 Å². The number of aliphatic hydroxyl groups is 1. The van der Waals surface area contributed by atoms with E-state index in [1.54, 1.807) is 6.07 Å². The first kappa shape index (κ1) is 11.7. The number of amides is 1. The normalized spacial score (nSPS) is 21.2. The molecule has 0 aromatic heterocycles. The number of fused-ring (bicyclic) bond motifs is 1. The maximum atomic E-state index is 12.2. The lowest BCUT2D eigenvalue weighted by Crippen LogP contribution is -2.57. The van der Waals surface area contributed by atoms with Crippen molar-refractivity contribution < 1.29 is 9.90 Å². The summed E-state index contributed by atoms with van der Waals surface area (Å²) >= 11 is 0. The van der Waals surface area contributed by atoms with E-state index in [1.165, 1.54) is 0 Å². The lowest BCUT2D eigenvalue weighted by Gasteiger charge is -2.39. The van der Waals surface area contributed by atoms with Crippen LogP contribution in [0.1, 0.15) is 15.9 Å². The van der Waals surface area contributed by atoms with E-state index in [1.807, 2.05) is 48.5 Å². The summed E-state index contributed by atoms with van der Waals surface area (Å²) in [5, 5.41) is 15.8. The minimum Gasteiger partial charge on any atom is -0.392 e. The Morgan fingerprint density at radius 3 is 2.37 bits per heavy atom. The Kier molecular flexibility index (Phi) is 2.72. The molecule has 0 fully saturated rings. The second kappa shape index (κ2) is 4.40. The molecule has 0 bridgehead atoms. The molecule has 3 N–H and O–H groups in total. The second-order valence-corrected chi connectivity index (χ2v) is 4.55. The van der Waals surface area contributed by atoms with Crippen LogP contribution in [-0.2, 0) is 5.66 Å². The molecular formula is C15H14N2O2. The Hall–Kier alpha value is -2.33. The predicted octanol–water partition coefficient (Wildman–Crippen LogP) is 1.69. The Morgan fingerprint density at radius 1 is 0.947 bits per heavy atom. The monoisotopic (exact) mass is 254 g/mol. The van der Waals surface area contributed by atoms with Gasteiger partial charge in [0.1, 0.15) is 0 Å². The van der Waals surface area contributed by atoms with Gasteiger partial charge in [-0.3, -0.25) is 4.79 Å². The van der Waals surface area contributed by atoms with Gasteiger partial charge in [-0.15, -0.1) is 0 Å². The van der Waals surface area contributed by atoms with Gasteiger partial charge in [0.2, 0.25) is 0 Å². The molecular weight excluding hydrogens is 240 g/mol. The molecule has 2 aromatic rings. The van der Waals surface area contributed by atoms with Crippen molar-refractivity contribution in [3.05, 3.63) is 65.7 Å². The summed E-state index contributed by atoms with van der Waals surface area (Å²) in [4.78, 5) is 12.2. The number of rotatable bonds is 2. The lowest BCUT2D eigenvalue weighted by molar-refractivity contribution is 0.0843. The summed E-state index contributed by atoms with van der Waals surface area (Å²) in [7, 11) is 0. The summed E-state index contributed by atoms with van der Waals surface area (Å²) < 4.78 is 0. The molecule has 0 spiro atoms. The molecule has 0 saturated carbocycles. The van der Waals surface area contributed by atoms with E-state index < -0.39 is 5.66 Å². The van der Waals surface area contributed by atoms with Gasteiger partial charge in [-0.25, -0.2) is 0 Å². The van der Waals surface area contributed by atoms with E-state index in [2.05, 4.69) is 10.6 Å². The maximum Gasteiger partial charge on any atom is 0.255 e. The van der Waals surface area contributed by atoms with Gasteiger partial charge >= 0.3 is 0 Å². The first-order valence-corrected chi connectivity index (χ1v) is 6.11. The van der Waals surface area contributed by atoms with Crippen LogP contribution in [0.2, 0.25) is 0 Å². The molecule has 4 nitrogen and oxygen atoms in total. The van der Waals surface area contributed by atoms with Crippen molar-refractivity contribution in [1.82, 2.24) is 5.32 Å². The number of para-hydroxylation sites is 1. The van der Waals surface area contributed by atoms with E-state index >= 15 is 0 Å². The average molecular weight is 254 g/mol. The van der Waals surface area contributed by atoms with Gasteiger partial charge in [0.25, 0.3) is 5.91 Å². The fraction of sp³-hybridized carbons (Fsp3) is 0.133. The van der Waals surface area contributed by atoms with Crippen LogP contribution in [0.3, 0.4) is 0 Å². The van der Waals surface area contributed by atoms with Crippen LogP contribution in [0, 0.1) is 0 Å². The third kappa shape index (κ3) is 1.86. The molecule has 4 heteroatoms. The molecule has 3 rings (SSSR count). The topological polar surface area (TPSA) is 61.4 Å². The van der Waals surface area contributed by atoms with E-state index in [0.29, 0.717) is 5.56 Å². The van der Waals surface area contributed by atoms with Gasteiger partial charge in [-0.1, -0.05) is 42.5 Å². The lowest BCUT2D eigenvalue weighted by atomic mass is 9.95. The minimum atomic E-state index is -0.966. The molecule has 2 aromatic carbocycles. The van der Waals surface area contributed by atoms with Crippen molar-refractivity contribution in [2.45, 2.75) is 5.66 Å². The number of aliphatic hydroxyl groups excluding tert-OH is 1. The van der Waals surface area contributed by atoms with Gasteiger partial charge in [0.15, 0.2) is 5.66 Å². The minimum absolute atomic E-state index is 0.188. The molecule has 1 atom stereocenters. The zero-order valence-corrected chi connectivity index (χ0v) is 10.3. The quantitative estimate of drug-likeness (QED) is 0.764. The third-order valence-electron chi connectivity index (χ3n) is 3.35. The highest BCUT2D eigenvalue weighted by atomic mass is 16.3. The molecule has 1 heterocycles. The Labute approximate surface area is 111 Å². The van der Waals surface area contributed by atoms with Crippen molar-refractivity contribution in [2.75, 3.05) is 11.9 Å². The molecule has 0 saturated heterocycles. The van der Waals surface area contributed by atoms with Crippen LogP contribution < -0.4 is 10.6 Å². The van der Waals surface area contributed by atoms with Crippen molar-refractivity contribution in [3.8, 4) is 0 Å². The first-order valence-electron chi connectivity index (χ1n) is 6.11. The number of hydrogen-bond donors (Lipinski definition) is 3. The Morgan fingerprint density at radius 2 is 1.63 bits per heavy atom. The van der Waals surface area contributed by atoms with Crippen LogP contribution >= 0.6 is 0 Å². The SMILES string of the molecule is O=C1N[C@](CO)(c2ccccc2)Nc2ccccc21. The summed E-state index contributed by atoms with van der Waals surface area (Å²) in [6.45, 7) is -0.225. The fourth-order valence-electron chi connectivity index (χ4n) is 2.35. The van der Waals surface area contributed by atoms with Crippen molar-refractivity contribution in [1.29, 1.82) is 0 Å². The average Bonchev–Trinajstić information content (AvgIpc) is 2.48. The standard InChI is InChI=1S/C15H14N2O2/c18-10-15(11-6-2-1-3-7-11)16-13-9-5-4-8-12(13)14(19)17-15/h1-9,16,18H,10H2,(H,17,19)/t15-/m1/s1. The smallest absolute Gasteiger partial charge is 0.255 e. The summed E-state index contributed by atoms with van der Waals surface area (Å²) in [6.07, 6.45) is 0. The largest absolute Gasteiger partial charge is 0.392 e. The van der Waals surface area contributed by atoms with E-state index in [4.69, 9.17) is 0 Å². The number of carbonyl (C=O) groups excluding carboxylic acids is 1. The number of carbonyl (C=O) groups is 1. The van der Waals surface area contributed by atoms with Gasteiger partial charge in [0.05, 0.1) is 12.2 Å². The second-order valence-electron chi connectivity index (χ2n) is 4.55. The molecule has 1 aliphatic rings. The first-order chi connectivity index (χ1) is 9.25. The molecule has 0 radical (unpaired) electrons. The highest BCUT2D eigenvalue weighted by Gasteiger charge is 2.38. The summed E-state index contributed by atoms with van der Waals surface area (Å²) in [5.41, 5.74) is 1.17. The zero-order chi connectivity index (χ0) is 13.3. The van der Waals surface area contributed by atoms with Crippen molar-refractivity contribution in [3.63, 3.8) is 0 Å². The van der Waals surface area contributed by atoms with Crippen molar-refractivity contribution >= 4 is 11.6 Å². The van der Waals surface area contributed by atoms with Gasteiger partial charge in [0, 0.05) is 5.69 Å². The van der Waals surface area contributed by atoms with Crippen LogP contribution in [0.5, 0.6) is 0 Å². The molecule has 1 aliphatic heterocycles. The number of nitrogens with one attached hydrogen (secondary N) is 2. The van der Waals surface area contributed by atoms with Crippen LogP contribution in [0.4, 0.5) is 5.69 Å². The molecule has 19 heavy (non-hydrogen) atoms.